The maximum atomic E-state index is 4.97. The number of allylic oxidation sites excluding steroid dienone is 1. The molecule has 1 aromatic rings. The fourth-order valence-corrected chi connectivity index (χ4v) is 1.49. The molecule has 0 aliphatic heterocycles. The Labute approximate surface area is 97.3 Å². The van der Waals surface area contributed by atoms with E-state index in [1.165, 1.54) is 5.69 Å². The van der Waals surface area contributed by atoms with Gasteiger partial charge in [-0.05, 0) is 18.9 Å². The van der Waals surface area contributed by atoms with Crippen molar-refractivity contribution in [2.24, 2.45) is 0 Å². The van der Waals surface area contributed by atoms with Gasteiger partial charge in [-0.1, -0.05) is 6.08 Å². The standard InChI is InChI=1S/C12H21N3O/c1-3-4-5-9-15-12(6-7-14-15)11-13-8-10-16-2/h3,6-7,13H,1,4-5,8-11H2,2H3. The number of hydrogen-bond acceptors (Lipinski definition) is 3. The third kappa shape index (κ3) is 4.59. The number of rotatable bonds is 9. The molecule has 0 radical (unpaired) electrons. The number of aryl methyl sites for hydroxylation is 1. The van der Waals surface area contributed by atoms with Crippen LogP contribution in [0.4, 0.5) is 0 Å². The molecule has 4 nitrogen and oxygen atoms in total. The Morgan fingerprint density at radius 2 is 2.50 bits per heavy atom. The summed E-state index contributed by atoms with van der Waals surface area (Å²) in [4.78, 5) is 0. The van der Waals surface area contributed by atoms with Crippen LogP contribution < -0.4 is 5.32 Å². The summed E-state index contributed by atoms with van der Waals surface area (Å²) >= 11 is 0. The SMILES string of the molecule is C=CCCCn1nccc1CNCCOC. The number of nitrogens with one attached hydrogen (secondary N) is 1. The smallest absolute Gasteiger partial charge is 0.0587 e. The zero-order valence-corrected chi connectivity index (χ0v) is 9.98. The fourth-order valence-electron chi connectivity index (χ4n) is 1.49. The Morgan fingerprint density at radius 1 is 1.62 bits per heavy atom. The molecule has 0 saturated carbocycles. The highest BCUT2D eigenvalue weighted by atomic mass is 16.5. The predicted octanol–water partition coefficient (Wildman–Crippen LogP) is 1.59. The highest BCUT2D eigenvalue weighted by molar-refractivity contribution is 4.99. The van der Waals surface area contributed by atoms with Crippen molar-refractivity contribution in [2.45, 2.75) is 25.9 Å². The molecule has 0 spiro atoms. The normalized spacial score (nSPS) is 10.6. The lowest BCUT2D eigenvalue weighted by molar-refractivity contribution is 0.199. The third-order valence-corrected chi connectivity index (χ3v) is 2.37. The minimum absolute atomic E-state index is 0.741. The van der Waals surface area contributed by atoms with Gasteiger partial charge >= 0.3 is 0 Å². The number of nitrogens with zero attached hydrogens (tertiary/aromatic N) is 2. The van der Waals surface area contributed by atoms with E-state index in [4.69, 9.17) is 4.74 Å². The number of unbranched alkanes of at least 4 members (excludes halogenated alkanes) is 1. The van der Waals surface area contributed by atoms with E-state index in [0.29, 0.717) is 0 Å². The van der Waals surface area contributed by atoms with Crippen molar-refractivity contribution >= 4 is 0 Å². The number of ether oxygens (including phenoxy) is 1. The second-order valence-electron chi connectivity index (χ2n) is 3.65. The summed E-state index contributed by atoms with van der Waals surface area (Å²) in [6.07, 6.45) is 5.92. The van der Waals surface area contributed by atoms with Crippen LogP contribution in [-0.4, -0.2) is 30.0 Å². The van der Waals surface area contributed by atoms with Gasteiger partial charge in [-0.2, -0.15) is 5.10 Å². The zero-order chi connectivity index (χ0) is 11.6. The Morgan fingerprint density at radius 3 is 3.25 bits per heavy atom. The Bertz CT molecular complexity index is 296. The molecule has 0 unspecified atom stereocenters. The Balaban J connectivity index is 2.29. The van der Waals surface area contributed by atoms with Gasteiger partial charge in [-0.3, -0.25) is 4.68 Å². The molecule has 0 amide bonds. The zero-order valence-electron chi connectivity index (χ0n) is 9.98. The van der Waals surface area contributed by atoms with Crippen molar-refractivity contribution in [1.82, 2.24) is 15.1 Å². The molecule has 0 aliphatic rings. The fraction of sp³-hybridized carbons (Fsp3) is 0.583. The van der Waals surface area contributed by atoms with E-state index in [1.54, 1.807) is 7.11 Å². The van der Waals surface area contributed by atoms with Gasteiger partial charge in [0.05, 0.1) is 12.3 Å². The molecule has 0 bridgehead atoms. The summed E-state index contributed by atoms with van der Waals surface area (Å²) in [6.45, 7) is 7.13. The minimum Gasteiger partial charge on any atom is -0.383 e. The first-order chi connectivity index (χ1) is 7.88. The van der Waals surface area contributed by atoms with Gasteiger partial charge < -0.3 is 10.1 Å². The van der Waals surface area contributed by atoms with Crippen LogP contribution in [0.25, 0.3) is 0 Å². The van der Waals surface area contributed by atoms with E-state index in [0.717, 1.165) is 39.1 Å². The van der Waals surface area contributed by atoms with Crippen molar-refractivity contribution < 1.29 is 4.74 Å². The van der Waals surface area contributed by atoms with Crippen molar-refractivity contribution in [3.05, 3.63) is 30.6 Å². The molecule has 90 valence electrons. The van der Waals surface area contributed by atoms with Gasteiger partial charge in [-0.15, -0.1) is 6.58 Å². The second kappa shape index (κ2) is 8.07. The van der Waals surface area contributed by atoms with Gasteiger partial charge in [0, 0.05) is 32.9 Å². The minimum atomic E-state index is 0.741. The molecule has 0 atom stereocenters. The molecule has 0 fully saturated rings. The third-order valence-electron chi connectivity index (χ3n) is 2.37. The predicted molar refractivity (Wildman–Crippen MR) is 65.2 cm³/mol. The highest BCUT2D eigenvalue weighted by Crippen LogP contribution is 2.01. The molecule has 0 aliphatic carbocycles. The van der Waals surface area contributed by atoms with E-state index in [2.05, 4.69) is 17.0 Å². The van der Waals surface area contributed by atoms with Crippen molar-refractivity contribution in [2.75, 3.05) is 20.3 Å². The van der Waals surface area contributed by atoms with Crippen LogP contribution in [0.15, 0.2) is 24.9 Å². The lowest BCUT2D eigenvalue weighted by atomic mass is 10.3. The van der Waals surface area contributed by atoms with E-state index in [9.17, 15) is 0 Å². The molecular formula is C12H21N3O. The second-order valence-corrected chi connectivity index (χ2v) is 3.65. The first kappa shape index (κ1) is 12.9. The summed E-state index contributed by atoms with van der Waals surface area (Å²) < 4.78 is 7.02. The molecule has 1 heterocycles. The van der Waals surface area contributed by atoms with E-state index in [1.807, 2.05) is 23.0 Å². The van der Waals surface area contributed by atoms with Crippen molar-refractivity contribution in [3.8, 4) is 0 Å². The maximum absolute atomic E-state index is 4.97. The summed E-state index contributed by atoms with van der Waals surface area (Å²) in [6, 6.07) is 2.05. The molecule has 0 aromatic carbocycles. The average Bonchev–Trinajstić information content (AvgIpc) is 2.73. The Hall–Kier alpha value is -1.13. The molecule has 0 saturated heterocycles. The van der Waals surface area contributed by atoms with Gasteiger partial charge in [0.15, 0.2) is 0 Å². The average molecular weight is 223 g/mol. The van der Waals surface area contributed by atoms with Crippen molar-refractivity contribution in [3.63, 3.8) is 0 Å². The monoisotopic (exact) mass is 223 g/mol. The molecule has 1 N–H and O–H groups in total. The van der Waals surface area contributed by atoms with Crippen LogP contribution in [0.5, 0.6) is 0 Å². The van der Waals surface area contributed by atoms with Crippen LogP contribution >= 0.6 is 0 Å². The molecule has 16 heavy (non-hydrogen) atoms. The highest BCUT2D eigenvalue weighted by Gasteiger charge is 2.00. The summed E-state index contributed by atoms with van der Waals surface area (Å²) in [5.74, 6) is 0. The lowest BCUT2D eigenvalue weighted by Gasteiger charge is -2.07. The van der Waals surface area contributed by atoms with Crippen LogP contribution in [0.2, 0.25) is 0 Å². The van der Waals surface area contributed by atoms with E-state index < -0.39 is 0 Å². The van der Waals surface area contributed by atoms with Gasteiger partial charge in [0.25, 0.3) is 0 Å². The molecular weight excluding hydrogens is 202 g/mol. The number of aromatic nitrogens is 2. The van der Waals surface area contributed by atoms with Crippen LogP contribution in [0, 0.1) is 0 Å². The van der Waals surface area contributed by atoms with Gasteiger partial charge in [0.1, 0.15) is 0 Å². The lowest BCUT2D eigenvalue weighted by Crippen LogP contribution is -2.20. The number of methoxy groups -OCH3 is 1. The molecule has 4 heteroatoms. The quantitative estimate of drug-likeness (QED) is 0.510. The van der Waals surface area contributed by atoms with Crippen LogP contribution in [0.3, 0.4) is 0 Å². The maximum Gasteiger partial charge on any atom is 0.0587 e. The van der Waals surface area contributed by atoms with E-state index >= 15 is 0 Å². The summed E-state index contributed by atoms with van der Waals surface area (Å²) in [5, 5.41) is 7.61. The molecule has 1 aromatic heterocycles. The van der Waals surface area contributed by atoms with E-state index in [-0.39, 0.29) is 0 Å². The van der Waals surface area contributed by atoms with Crippen LogP contribution in [0.1, 0.15) is 18.5 Å². The van der Waals surface area contributed by atoms with Crippen LogP contribution in [-0.2, 0) is 17.8 Å². The topological polar surface area (TPSA) is 39.1 Å². The molecule has 1 rings (SSSR count). The first-order valence-electron chi connectivity index (χ1n) is 5.69. The van der Waals surface area contributed by atoms with Gasteiger partial charge in [0.2, 0.25) is 0 Å². The van der Waals surface area contributed by atoms with Crippen molar-refractivity contribution in [1.29, 1.82) is 0 Å². The summed E-state index contributed by atoms with van der Waals surface area (Å²) in [5.41, 5.74) is 1.22. The summed E-state index contributed by atoms with van der Waals surface area (Å²) in [7, 11) is 1.71. The first-order valence-corrected chi connectivity index (χ1v) is 5.69. The Kier molecular flexibility index (Phi) is 6.53. The number of hydrogen-bond donors (Lipinski definition) is 1. The largest absolute Gasteiger partial charge is 0.383 e. The van der Waals surface area contributed by atoms with Gasteiger partial charge in [-0.25, -0.2) is 0 Å².